The van der Waals surface area contributed by atoms with Gasteiger partial charge in [0.2, 0.25) is 11.8 Å². The standard InChI is InChI=1S/C36H40BrN3O7/c1-21-14-15-22(2)26(19-21)39-16-10-6-9-13-27(42)38(4)23(3)30(24-11-7-5-8-12-24)46-35(45)28-29-33(43)40(17-18-41)32(34(39)44)36(29)20-25(37)31(28)47-36/h5-8,10-12,14-15,19-20,23,28-32,41H,9,13,16-18H2,1-4H3/b10-6-/t23-,28+,29-,30+,31+,32+,36-/m1/s1. The maximum Gasteiger partial charge on any atom is 0.313 e. The average molecular weight is 707 g/mol. The molecule has 10 nitrogen and oxygen atoms in total. The highest BCUT2D eigenvalue weighted by Gasteiger charge is 2.75. The van der Waals surface area contributed by atoms with Gasteiger partial charge in [0.05, 0.1) is 18.6 Å². The first-order valence-corrected chi connectivity index (χ1v) is 16.8. The number of esters is 1. The maximum absolute atomic E-state index is 14.9. The minimum Gasteiger partial charge on any atom is -0.455 e. The molecule has 0 aromatic heterocycles. The molecule has 47 heavy (non-hydrogen) atoms. The van der Waals surface area contributed by atoms with E-state index in [1.165, 1.54) is 4.90 Å². The lowest BCUT2D eigenvalue weighted by atomic mass is 9.74. The monoisotopic (exact) mass is 705 g/mol. The van der Waals surface area contributed by atoms with Crippen molar-refractivity contribution in [3.05, 3.63) is 87.9 Å². The number of hydrogen-bond acceptors (Lipinski definition) is 7. The van der Waals surface area contributed by atoms with E-state index >= 15 is 0 Å². The van der Waals surface area contributed by atoms with Gasteiger partial charge in [-0.1, -0.05) is 70.5 Å². The third-order valence-electron chi connectivity index (χ3n) is 9.99. The number of carbonyl (C=O) groups is 4. The van der Waals surface area contributed by atoms with E-state index in [0.717, 1.165) is 11.1 Å². The first kappa shape index (κ1) is 33.1. The van der Waals surface area contributed by atoms with Crippen LogP contribution in [0.15, 0.2) is 71.2 Å². The second-order valence-corrected chi connectivity index (χ2v) is 13.8. The second kappa shape index (κ2) is 13.0. The lowest BCUT2D eigenvalue weighted by Gasteiger charge is -2.36. The molecule has 2 aromatic rings. The fraction of sp³-hybridized carbons (Fsp3) is 0.444. The number of hydrogen-bond donors (Lipinski definition) is 1. The van der Waals surface area contributed by atoms with Crippen molar-refractivity contribution in [2.45, 2.75) is 63.5 Å². The molecule has 0 radical (unpaired) electrons. The Bertz CT molecular complexity index is 1640. The number of aliphatic hydroxyl groups excluding tert-OH is 1. The molecule has 3 amide bonds. The number of nitrogens with zero attached hydrogens (tertiary/aromatic N) is 3. The van der Waals surface area contributed by atoms with Gasteiger partial charge in [0, 0.05) is 36.7 Å². The van der Waals surface area contributed by atoms with Crippen molar-refractivity contribution < 1.29 is 33.8 Å². The molecular weight excluding hydrogens is 666 g/mol. The van der Waals surface area contributed by atoms with Crippen LogP contribution in [0.25, 0.3) is 0 Å². The number of aryl methyl sites for hydroxylation is 2. The Hall–Kier alpha value is -3.80. The maximum atomic E-state index is 14.9. The van der Waals surface area contributed by atoms with E-state index in [4.69, 9.17) is 9.47 Å². The number of fused-ring (bicyclic) bond motifs is 2. The summed E-state index contributed by atoms with van der Waals surface area (Å²) in [5, 5.41) is 10.1. The number of β-amino-alcohol motifs (C(OH)–C–C–N with tert-alkyl or cyclic N) is 1. The van der Waals surface area contributed by atoms with Crippen LogP contribution < -0.4 is 4.90 Å². The van der Waals surface area contributed by atoms with E-state index in [9.17, 15) is 24.3 Å². The number of cyclic esters (lactones) is 1. The Morgan fingerprint density at radius 3 is 2.47 bits per heavy atom. The highest BCUT2D eigenvalue weighted by molar-refractivity contribution is 9.11. The molecular formula is C36H40BrN3O7. The van der Waals surface area contributed by atoms with Crippen LogP contribution in [0.1, 0.15) is 42.6 Å². The molecule has 4 aliphatic rings. The molecule has 1 spiro atoms. The summed E-state index contributed by atoms with van der Waals surface area (Å²) < 4.78 is 13.4. The van der Waals surface area contributed by atoms with Gasteiger partial charge in [0.15, 0.2) is 0 Å². The Labute approximate surface area is 283 Å². The van der Waals surface area contributed by atoms with Crippen molar-refractivity contribution in [2.24, 2.45) is 11.8 Å². The van der Waals surface area contributed by atoms with Gasteiger partial charge in [0.1, 0.15) is 29.8 Å². The summed E-state index contributed by atoms with van der Waals surface area (Å²) in [5.74, 6) is -3.74. The smallest absolute Gasteiger partial charge is 0.313 e. The zero-order chi connectivity index (χ0) is 33.6. The minimum absolute atomic E-state index is 0.109. The fourth-order valence-corrected chi connectivity index (χ4v) is 8.22. The van der Waals surface area contributed by atoms with Crippen molar-refractivity contribution in [3.8, 4) is 0 Å². The van der Waals surface area contributed by atoms with Crippen molar-refractivity contribution in [2.75, 3.05) is 31.6 Å². The molecule has 6 rings (SSSR count). The molecule has 5 bridgehead atoms. The number of anilines is 1. The lowest BCUT2D eigenvalue weighted by Crippen LogP contribution is -2.56. The number of aliphatic hydroxyl groups is 1. The van der Waals surface area contributed by atoms with E-state index < -0.39 is 59.5 Å². The van der Waals surface area contributed by atoms with E-state index in [1.54, 1.807) is 22.9 Å². The molecule has 2 saturated heterocycles. The molecule has 2 fully saturated rings. The van der Waals surface area contributed by atoms with Crippen molar-refractivity contribution in [3.63, 3.8) is 0 Å². The molecule has 2 aromatic carbocycles. The van der Waals surface area contributed by atoms with E-state index in [0.29, 0.717) is 22.2 Å². The molecule has 0 aliphatic carbocycles. The fourth-order valence-electron chi connectivity index (χ4n) is 7.48. The van der Waals surface area contributed by atoms with Gasteiger partial charge in [0.25, 0.3) is 5.91 Å². The topological polar surface area (TPSA) is 117 Å². The summed E-state index contributed by atoms with van der Waals surface area (Å²) in [6.07, 6.45) is 4.48. The molecule has 4 heterocycles. The molecule has 1 N–H and O–H groups in total. The average Bonchev–Trinajstić information content (AvgIpc) is 3.65. The number of likely N-dealkylation sites (N-methyl/N-ethyl adjacent to an activating group) is 1. The number of benzene rings is 2. The Balaban J connectivity index is 1.49. The zero-order valence-electron chi connectivity index (χ0n) is 27.0. The first-order valence-electron chi connectivity index (χ1n) is 16.0. The highest BCUT2D eigenvalue weighted by atomic mass is 79.9. The third-order valence-corrected chi connectivity index (χ3v) is 10.7. The molecule has 248 valence electrons. The zero-order valence-corrected chi connectivity index (χ0v) is 28.6. The number of carbonyl (C=O) groups excluding carboxylic acids is 4. The summed E-state index contributed by atoms with van der Waals surface area (Å²) >= 11 is 3.59. The summed E-state index contributed by atoms with van der Waals surface area (Å²) in [4.78, 5) is 61.5. The highest BCUT2D eigenvalue weighted by Crippen LogP contribution is 2.59. The van der Waals surface area contributed by atoms with Crippen LogP contribution in [0.4, 0.5) is 5.69 Å². The van der Waals surface area contributed by atoms with Crippen molar-refractivity contribution >= 4 is 45.3 Å². The number of rotatable bonds is 4. The van der Waals surface area contributed by atoms with Gasteiger partial charge >= 0.3 is 5.97 Å². The summed E-state index contributed by atoms with van der Waals surface area (Å²) in [7, 11) is 1.70. The lowest BCUT2D eigenvalue weighted by molar-refractivity contribution is -0.164. The van der Waals surface area contributed by atoms with Gasteiger partial charge in [-0.3, -0.25) is 19.2 Å². The van der Waals surface area contributed by atoms with Crippen molar-refractivity contribution in [1.82, 2.24) is 9.80 Å². The van der Waals surface area contributed by atoms with Crippen LogP contribution in [0, 0.1) is 25.7 Å². The minimum atomic E-state index is -1.47. The Morgan fingerprint density at radius 2 is 1.74 bits per heavy atom. The first-order chi connectivity index (χ1) is 22.5. The number of halogens is 1. The van der Waals surface area contributed by atoms with Gasteiger partial charge in [-0.2, -0.15) is 0 Å². The molecule has 0 unspecified atom stereocenters. The van der Waals surface area contributed by atoms with Crippen LogP contribution in [-0.2, 0) is 28.7 Å². The molecule has 4 aliphatic heterocycles. The number of ether oxygens (including phenoxy) is 2. The molecule has 0 saturated carbocycles. The second-order valence-electron chi connectivity index (χ2n) is 12.8. The predicted molar refractivity (Wildman–Crippen MR) is 178 cm³/mol. The van der Waals surface area contributed by atoms with E-state index in [-0.39, 0.29) is 32.0 Å². The normalized spacial score (nSPS) is 32.0. The molecule has 7 atom stereocenters. The van der Waals surface area contributed by atoms with Gasteiger partial charge < -0.3 is 29.3 Å². The largest absolute Gasteiger partial charge is 0.455 e. The Morgan fingerprint density at radius 1 is 1.00 bits per heavy atom. The summed E-state index contributed by atoms with van der Waals surface area (Å²) in [6.45, 7) is 5.39. The van der Waals surface area contributed by atoms with Crippen LogP contribution >= 0.6 is 15.9 Å². The Kier molecular flexibility index (Phi) is 9.17. The van der Waals surface area contributed by atoms with Gasteiger partial charge in [-0.25, -0.2) is 0 Å². The number of likely N-dealkylation sites (tertiary alicyclic amines) is 1. The van der Waals surface area contributed by atoms with Crippen LogP contribution in [0.5, 0.6) is 0 Å². The van der Waals surface area contributed by atoms with Gasteiger partial charge in [-0.15, -0.1) is 0 Å². The quantitative estimate of drug-likeness (QED) is 0.378. The van der Waals surface area contributed by atoms with E-state index in [2.05, 4.69) is 15.9 Å². The van der Waals surface area contributed by atoms with E-state index in [1.807, 2.05) is 81.5 Å². The van der Waals surface area contributed by atoms with Crippen LogP contribution in [0.2, 0.25) is 0 Å². The third kappa shape index (κ3) is 5.62. The predicted octanol–water partition coefficient (Wildman–Crippen LogP) is 3.98. The van der Waals surface area contributed by atoms with Crippen LogP contribution in [-0.4, -0.2) is 89.1 Å². The number of allylic oxidation sites excluding steroid dienone is 1. The van der Waals surface area contributed by atoms with Gasteiger partial charge in [-0.05, 0) is 56.0 Å². The van der Waals surface area contributed by atoms with Crippen LogP contribution in [0.3, 0.4) is 0 Å². The summed E-state index contributed by atoms with van der Waals surface area (Å²) in [6, 6.07) is 13.4. The number of amides is 3. The molecule has 11 heteroatoms. The SMILES string of the molecule is Cc1ccc(C)c(N2C/C=C\CCC(=O)N(C)[C@H](C)[C@@H](c3ccccc3)OC(=O)[C@@H]3[C@H]4O[C@@]5(C=C4Br)[C@H](C2=O)N(CCO)C(=O)[C@@H]35)c1. The van der Waals surface area contributed by atoms with Crippen molar-refractivity contribution in [1.29, 1.82) is 0 Å². The summed E-state index contributed by atoms with van der Waals surface area (Å²) in [5.41, 5.74) is 1.73.